The van der Waals surface area contributed by atoms with E-state index in [-0.39, 0.29) is 13.2 Å². The highest BCUT2D eigenvalue weighted by molar-refractivity contribution is 7.47. The molecule has 188 valence electrons. The quantitative estimate of drug-likeness (QED) is 0.135. The largest absolute Gasteiger partial charge is 0.497 e. The van der Waals surface area contributed by atoms with E-state index in [1.165, 1.54) is 0 Å². The number of rotatable bonds is 16. The molecule has 34 heavy (non-hydrogen) atoms. The van der Waals surface area contributed by atoms with Crippen molar-refractivity contribution in [3.63, 3.8) is 0 Å². The number of hydrogen-bond donors (Lipinski definition) is 1. The van der Waals surface area contributed by atoms with E-state index in [2.05, 4.69) is 10.2 Å². The Labute approximate surface area is 202 Å². The van der Waals surface area contributed by atoms with Crippen molar-refractivity contribution in [2.45, 2.75) is 25.7 Å². The third kappa shape index (κ3) is 12.3. The Morgan fingerprint density at radius 1 is 0.765 bits per heavy atom. The van der Waals surface area contributed by atoms with Gasteiger partial charge in [-0.3, -0.25) is 9.05 Å². The molecule has 10 heteroatoms. The van der Waals surface area contributed by atoms with Gasteiger partial charge in [-0.15, -0.1) is 0 Å². The lowest BCUT2D eigenvalue weighted by Crippen LogP contribution is -2.37. The zero-order valence-electron chi connectivity index (χ0n) is 20.6. The summed E-state index contributed by atoms with van der Waals surface area (Å²) in [4.78, 5) is 9.68. The van der Waals surface area contributed by atoms with Crippen LogP contribution in [0.1, 0.15) is 25.7 Å². The molecule has 1 atom stereocenters. The molecule has 1 N–H and O–H groups in total. The fraction of sp³-hybridized carbons (Fsp3) is 0.500. The summed E-state index contributed by atoms with van der Waals surface area (Å²) in [5.74, 6) is 1.56. The Morgan fingerprint density at radius 3 is 1.79 bits per heavy atom. The van der Waals surface area contributed by atoms with Crippen molar-refractivity contribution in [1.29, 1.82) is 0 Å². The number of phosphoric ester groups is 1. The van der Waals surface area contributed by atoms with Crippen molar-refractivity contribution < 1.29 is 32.5 Å². The van der Waals surface area contributed by atoms with Crippen molar-refractivity contribution in [2.24, 2.45) is 10.2 Å². The first kappa shape index (κ1) is 28.0. The Morgan fingerprint density at radius 2 is 1.26 bits per heavy atom. The predicted molar refractivity (Wildman–Crippen MR) is 132 cm³/mol. The van der Waals surface area contributed by atoms with Gasteiger partial charge < -0.3 is 18.9 Å². The number of likely N-dealkylation sites (N-methyl/N-ethyl adjacent to an activating group) is 1. The fourth-order valence-corrected chi connectivity index (χ4v) is 3.52. The van der Waals surface area contributed by atoms with Crippen LogP contribution in [0.3, 0.4) is 0 Å². The second kappa shape index (κ2) is 14.2. The summed E-state index contributed by atoms with van der Waals surface area (Å²) in [6.45, 7) is 1.61. The summed E-state index contributed by atoms with van der Waals surface area (Å²) in [6, 6.07) is 14.8. The zero-order chi connectivity index (χ0) is 24.9. The van der Waals surface area contributed by atoms with Crippen LogP contribution in [-0.4, -0.2) is 64.0 Å². The van der Waals surface area contributed by atoms with E-state index < -0.39 is 7.82 Å². The molecule has 0 amide bonds. The van der Waals surface area contributed by atoms with Gasteiger partial charge in [0.15, 0.2) is 0 Å². The summed E-state index contributed by atoms with van der Waals surface area (Å²) >= 11 is 0. The molecule has 0 radical (unpaired) electrons. The number of quaternary nitrogens is 1. The molecule has 9 nitrogen and oxygen atoms in total. The minimum absolute atomic E-state index is 0.182. The van der Waals surface area contributed by atoms with Crippen LogP contribution in [0.2, 0.25) is 0 Å². The van der Waals surface area contributed by atoms with Crippen LogP contribution < -0.4 is 9.47 Å². The van der Waals surface area contributed by atoms with Gasteiger partial charge in [-0.1, -0.05) is 6.42 Å². The highest BCUT2D eigenvalue weighted by Crippen LogP contribution is 2.43. The number of hydrogen-bond acceptors (Lipinski definition) is 7. The van der Waals surface area contributed by atoms with E-state index in [1.54, 1.807) is 7.11 Å². The van der Waals surface area contributed by atoms with Crippen molar-refractivity contribution in [2.75, 3.05) is 54.6 Å². The molecule has 0 bridgehead atoms. The average molecular weight is 495 g/mol. The van der Waals surface area contributed by atoms with Crippen molar-refractivity contribution in [3.05, 3.63) is 48.5 Å². The molecule has 2 rings (SSSR count). The van der Waals surface area contributed by atoms with E-state index in [1.807, 2.05) is 69.7 Å². The fourth-order valence-electron chi connectivity index (χ4n) is 2.77. The molecule has 0 aliphatic carbocycles. The standard InChI is InChI=1S/C24H36N3O6P/c1-27(2,3)17-20-33-34(28,29)32-19-8-6-5-7-18-31-24-15-11-22(12-16-24)26-25-21-9-13-23(30-4)14-10-21/h9-16H,5-8,17-20H2,1-4H3/p+1. The predicted octanol–water partition coefficient (Wildman–Crippen LogP) is 5.89. The van der Waals surface area contributed by atoms with Gasteiger partial charge in [0.1, 0.15) is 24.7 Å². The maximum Gasteiger partial charge on any atom is 0.472 e. The number of nitrogens with zero attached hydrogens (tertiary/aromatic N) is 3. The van der Waals surface area contributed by atoms with Gasteiger partial charge >= 0.3 is 7.82 Å². The molecular formula is C24H37N3O6P+. The Balaban J connectivity index is 1.55. The maximum atomic E-state index is 11.8. The van der Waals surface area contributed by atoms with Crippen molar-refractivity contribution in [1.82, 2.24) is 0 Å². The maximum absolute atomic E-state index is 11.8. The molecule has 0 aromatic heterocycles. The van der Waals surface area contributed by atoms with Crippen LogP contribution in [0, 0.1) is 0 Å². The second-order valence-electron chi connectivity index (χ2n) is 8.80. The number of phosphoric acid groups is 1. The number of unbranched alkanes of at least 4 members (excludes halogenated alkanes) is 3. The first-order valence-electron chi connectivity index (χ1n) is 11.4. The first-order chi connectivity index (χ1) is 16.2. The Bertz CT molecular complexity index is 914. The lowest BCUT2D eigenvalue weighted by Gasteiger charge is -2.24. The third-order valence-corrected chi connectivity index (χ3v) is 5.79. The molecule has 1 unspecified atom stereocenters. The van der Waals surface area contributed by atoms with Crippen molar-refractivity contribution >= 4 is 19.2 Å². The lowest BCUT2D eigenvalue weighted by atomic mass is 10.2. The van der Waals surface area contributed by atoms with Crippen LogP contribution in [0.15, 0.2) is 58.8 Å². The Kier molecular flexibility index (Phi) is 11.7. The molecule has 0 spiro atoms. The number of ether oxygens (including phenoxy) is 2. The molecule has 0 aliphatic rings. The van der Waals surface area contributed by atoms with Crippen LogP contribution in [0.5, 0.6) is 11.5 Å². The van der Waals surface area contributed by atoms with Gasteiger partial charge in [0.2, 0.25) is 0 Å². The molecular weight excluding hydrogens is 457 g/mol. The summed E-state index contributed by atoms with van der Waals surface area (Å²) < 4.78 is 33.4. The van der Waals surface area contributed by atoms with Crippen LogP contribution in [-0.2, 0) is 13.6 Å². The summed E-state index contributed by atoms with van der Waals surface area (Å²) in [5, 5.41) is 8.43. The topological polar surface area (TPSA) is 98.9 Å². The smallest absolute Gasteiger partial charge is 0.472 e. The van der Waals surface area contributed by atoms with E-state index in [9.17, 15) is 9.46 Å². The number of benzene rings is 2. The van der Waals surface area contributed by atoms with Crippen LogP contribution in [0.4, 0.5) is 11.4 Å². The number of azo groups is 1. The van der Waals surface area contributed by atoms with Gasteiger partial charge in [-0.25, -0.2) is 4.57 Å². The van der Waals surface area contributed by atoms with E-state index in [0.717, 1.165) is 42.1 Å². The van der Waals surface area contributed by atoms with Crippen LogP contribution >= 0.6 is 7.82 Å². The molecule has 0 aliphatic heterocycles. The normalized spacial score (nSPS) is 13.7. The second-order valence-corrected chi connectivity index (χ2v) is 10.3. The average Bonchev–Trinajstić information content (AvgIpc) is 2.79. The molecule has 0 saturated carbocycles. The zero-order valence-corrected chi connectivity index (χ0v) is 21.4. The molecule has 0 fully saturated rings. The summed E-state index contributed by atoms with van der Waals surface area (Å²) in [7, 11) is 3.63. The van der Waals surface area contributed by atoms with E-state index in [0.29, 0.717) is 24.1 Å². The van der Waals surface area contributed by atoms with Gasteiger partial charge in [0.05, 0.1) is 52.8 Å². The monoisotopic (exact) mass is 494 g/mol. The molecule has 0 heterocycles. The van der Waals surface area contributed by atoms with Crippen molar-refractivity contribution in [3.8, 4) is 11.5 Å². The van der Waals surface area contributed by atoms with Gasteiger partial charge in [-0.2, -0.15) is 10.2 Å². The van der Waals surface area contributed by atoms with Gasteiger partial charge in [0.25, 0.3) is 0 Å². The third-order valence-electron chi connectivity index (χ3n) is 4.77. The number of methoxy groups -OCH3 is 1. The van der Waals surface area contributed by atoms with E-state index >= 15 is 0 Å². The lowest BCUT2D eigenvalue weighted by molar-refractivity contribution is -0.870. The van der Waals surface area contributed by atoms with Gasteiger partial charge in [-0.05, 0) is 67.8 Å². The van der Waals surface area contributed by atoms with E-state index in [4.69, 9.17) is 18.5 Å². The minimum Gasteiger partial charge on any atom is -0.497 e. The highest BCUT2D eigenvalue weighted by atomic mass is 31.2. The summed E-state index contributed by atoms with van der Waals surface area (Å²) in [6.07, 6.45) is 3.40. The van der Waals surface area contributed by atoms with Gasteiger partial charge in [0, 0.05) is 0 Å². The highest BCUT2D eigenvalue weighted by Gasteiger charge is 2.21. The SMILES string of the molecule is COc1ccc(N=Nc2ccc(OCCCCCCOP(=O)(O)OCC[N+](C)(C)C)cc2)cc1. The molecule has 2 aromatic rings. The van der Waals surface area contributed by atoms with Crippen LogP contribution in [0.25, 0.3) is 0 Å². The summed E-state index contributed by atoms with van der Waals surface area (Å²) in [5.41, 5.74) is 1.49. The molecule has 2 aromatic carbocycles. The molecule has 0 saturated heterocycles. The Hall–Kier alpha value is -2.29. The first-order valence-corrected chi connectivity index (χ1v) is 12.9. The minimum atomic E-state index is -3.96.